The second-order valence-corrected chi connectivity index (χ2v) is 9.28. The highest BCUT2D eigenvalue weighted by atomic mass is 16.7. The molecular weight excluding hydrogens is 506 g/mol. The third-order valence-corrected chi connectivity index (χ3v) is 7.21. The van der Waals surface area contributed by atoms with Crippen LogP contribution in [0.25, 0.3) is 11.2 Å². The molecule has 15 heteroatoms. The van der Waals surface area contributed by atoms with Gasteiger partial charge in [0.2, 0.25) is 5.79 Å². The number of fused-ring (bicyclic) bond motifs is 3. The van der Waals surface area contributed by atoms with Crippen molar-refractivity contribution >= 4 is 28.9 Å². The van der Waals surface area contributed by atoms with E-state index in [9.17, 15) is 19.8 Å². The second kappa shape index (κ2) is 9.83. The molecule has 206 valence electrons. The number of aliphatic hydroxyl groups is 2. The highest BCUT2D eigenvalue weighted by Crippen LogP contribution is 2.47. The van der Waals surface area contributed by atoms with E-state index >= 15 is 0 Å². The Bertz CT molecular complexity index is 1270. The molecule has 0 saturated carbocycles. The van der Waals surface area contributed by atoms with E-state index in [1.807, 2.05) is 0 Å². The summed E-state index contributed by atoms with van der Waals surface area (Å²) in [5, 5.41) is 22.7. The Labute approximate surface area is 216 Å². The van der Waals surface area contributed by atoms with Crippen molar-refractivity contribution in [2.75, 3.05) is 20.0 Å². The SMILES string of the molecule is C/C=C(\C)C(=O)O[C@H]1[C@H](O)[C@@H](C(=O)OC)O[C@@H]2C[C@H]3OC(n4cnc5c(N)ncnc54)[C@H](OC)[C@H]3O[C@]21O. The second-order valence-electron chi connectivity index (χ2n) is 9.28. The molecule has 0 bridgehead atoms. The molecule has 1 unspecified atom stereocenters. The molecule has 0 amide bonds. The van der Waals surface area contributed by atoms with E-state index in [0.29, 0.717) is 11.2 Å². The molecule has 15 nitrogen and oxygen atoms in total. The molecule has 0 spiro atoms. The summed E-state index contributed by atoms with van der Waals surface area (Å²) in [5.74, 6) is -3.89. The molecule has 5 heterocycles. The van der Waals surface area contributed by atoms with E-state index in [1.165, 1.54) is 32.8 Å². The minimum absolute atomic E-state index is 0.00184. The number of nitrogens with zero attached hydrogens (tertiary/aromatic N) is 4. The van der Waals surface area contributed by atoms with Crippen molar-refractivity contribution in [2.45, 2.75) is 75.0 Å². The molecule has 0 aromatic carbocycles. The number of methoxy groups -OCH3 is 2. The first-order valence-electron chi connectivity index (χ1n) is 11.9. The minimum atomic E-state index is -2.35. The van der Waals surface area contributed by atoms with Crippen LogP contribution in [0.15, 0.2) is 24.3 Å². The number of nitrogens with two attached hydrogens (primary N) is 1. The number of rotatable bonds is 5. The van der Waals surface area contributed by atoms with Gasteiger partial charge in [-0.1, -0.05) is 6.08 Å². The summed E-state index contributed by atoms with van der Waals surface area (Å²) in [7, 11) is 2.56. The number of imidazole rings is 1. The number of ether oxygens (including phenoxy) is 6. The molecule has 0 radical (unpaired) electrons. The van der Waals surface area contributed by atoms with Gasteiger partial charge < -0.3 is 44.4 Å². The quantitative estimate of drug-likeness (QED) is 0.310. The maximum absolute atomic E-state index is 12.7. The first-order valence-corrected chi connectivity index (χ1v) is 11.9. The largest absolute Gasteiger partial charge is 0.467 e. The fourth-order valence-corrected chi connectivity index (χ4v) is 5.10. The number of hydrogen-bond acceptors (Lipinski definition) is 14. The summed E-state index contributed by atoms with van der Waals surface area (Å²) in [6, 6.07) is 0. The van der Waals surface area contributed by atoms with Crippen molar-refractivity contribution in [1.29, 1.82) is 0 Å². The number of carbonyl (C=O) groups is 2. The molecule has 3 aliphatic rings. The van der Waals surface area contributed by atoms with Gasteiger partial charge in [-0.15, -0.1) is 0 Å². The summed E-state index contributed by atoms with van der Waals surface area (Å²) in [6.07, 6.45) is -5.25. The van der Waals surface area contributed by atoms with E-state index in [1.54, 1.807) is 11.5 Å². The lowest BCUT2D eigenvalue weighted by molar-refractivity contribution is -0.397. The van der Waals surface area contributed by atoms with Crippen molar-refractivity contribution in [3.63, 3.8) is 0 Å². The zero-order valence-electron chi connectivity index (χ0n) is 21.1. The topological polar surface area (TPSA) is 200 Å². The molecule has 3 fully saturated rings. The Morgan fingerprint density at radius 1 is 1.26 bits per heavy atom. The molecule has 2 aromatic heterocycles. The number of aliphatic hydroxyl groups excluding tert-OH is 1. The normalized spacial score (nSPS) is 36.9. The number of allylic oxidation sites excluding steroid dienone is 1. The Morgan fingerprint density at radius 2 is 2.03 bits per heavy atom. The number of nitrogen functional groups attached to an aromatic ring is 1. The van der Waals surface area contributed by atoms with Gasteiger partial charge in [-0.25, -0.2) is 24.5 Å². The predicted octanol–water partition coefficient (Wildman–Crippen LogP) is -1.02. The minimum Gasteiger partial charge on any atom is -0.467 e. The summed E-state index contributed by atoms with van der Waals surface area (Å²) >= 11 is 0. The Kier molecular flexibility index (Phi) is 6.83. The summed E-state index contributed by atoms with van der Waals surface area (Å²) < 4.78 is 35.7. The Hall–Kier alpha value is -3.21. The smallest absolute Gasteiger partial charge is 0.337 e. The highest BCUT2D eigenvalue weighted by molar-refractivity contribution is 5.88. The zero-order valence-corrected chi connectivity index (χ0v) is 21.1. The van der Waals surface area contributed by atoms with Crippen LogP contribution in [-0.4, -0.2) is 104 Å². The molecule has 38 heavy (non-hydrogen) atoms. The van der Waals surface area contributed by atoms with Crippen LogP contribution in [0.4, 0.5) is 5.82 Å². The Morgan fingerprint density at radius 3 is 2.71 bits per heavy atom. The molecule has 3 aliphatic heterocycles. The predicted molar refractivity (Wildman–Crippen MR) is 125 cm³/mol. The van der Waals surface area contributed by atoms with Crippen molar-refractivity contribution in [3.05, 3.63) is 24.3 Å². The number of anilines is 1. The lowest BCUT2D eigenvalue weighted by Crippen LogP contribution is -2.73. The van der Waals surface area contributed by atoms with E-state index < -0.39 is 66.7 Å². The van der Waals surface area contributed by atoms with Crippen LogP contribution >= 0.6 is 0 Å². The molecule has 4 N–H and O–H groups in total. The fraction of sp³-hybridized carbons (Fsp3) is 0.609. The molecular formula is C23H29N5O10. The fourth-order valence-electron chi connectivity index (χ4n) is 5.10. The van der Waals surface area contributed by atoms with E-state index in [4.69, 9.17) is 34.2 Å². The highest BCUT2D eigenvalue weighted by Gasteiger charge is 2.67. The number of aromatic nitrogens is 4. The van der Waals surface area contributed by atoms with E-state index in [-0.39, 0.29) is 17.8 Å². The molecule has 9 atom stereocenters. The van der Waals surface area contributed by atoms with Crippen LogP contribution in [0.1, 0.15) is 26.5 Å². The van der Waals surface area contributed by atoms with Crippen LogP contribution in [0, 0.1) is 0 Å². The van der Waals surface area contributed by atoms with E-state index in [2.05, 4.69) is 15.0 Å². The lowest BCUT2D eigenvalue weighted by atomic mass is 9.84. The standard InChI is InChI=1S/C23H29N5O10/c1-5-9(2)21(30)37-17-13(29)15(22(31)34-4)36-11-6-10-14(38-23(11,17)32)16(33-3)20(35-10)28-8-27-12-18(24)25-7-26-19(12)28/h5,7-8,10-11,13-17,20,29,32H,6H2,1-4H3,(H2,24,25,26)/b9-5+/t10-,11-,13-,14+,15+,16-,17+,20?,23-/m1/s1. The van der Waals surface area contributed by atoms with Crippen LogP contribution in [0.3, 0.4) is 0 Å². The average molecular weight is 536 g/mol. The lowest BCUT2D eigenvalue weighted by Gasteiger charge is -2.52. The third-order valence-electron chi connectivity index (χ3n) is 7.21. The first-order chi connectivity index (χ1) is 18.1. The van der Waals surface area contributed by atoms with Crippen molar-refractivity contribution < 1.29 is 48.2 Å². The number of esters is 2. The molecule has 2 aromatic rings. The van der Waals surface area contributed by atoms with Gasteiger partial charge in [0.25, 0.3) is 0 Å². The summed E-state index contributed by atoms with van der Waals surface area (Å²) in [4.78, 5) is 37.5. The van der Waals surface area contributed by atoms with Gasteiger partial charge in [0, 0.05) is 19.1 Å². The van der Waals surface area contributed by atoms with Gasteiger partial charge in [0.1, 0.15) is 36.3 Å². The van der Waals surface area contributed by atoms with Gasteiger partial charge in [-0.05, 0) is 13.8 Å². The maximum atomic E-state index is 12.7. The van der Waals surface area contributed by atoms with E-state index in [0.717, 1.165) is 7.11 Å². The first kappa shape index (κ1) is 26.4. The molecule has 5 rings (SSSR count). The number of hydrogen-bond donors (Lipinski definition) is 3. The summed E-state index contributed by atoms with van der Waals surface area (Å²) in [5.41, 5.74) is 6.90. The Balaban J connectivity index is 1.50. The number of carbonyl (C=O) groups excluding carboxylic acids is 2. The van der Waals surface area contributed by atoms with Crippen LogP contribution in [0.5, 0.6) is 0 Å². The van der Waals surface area contributed by atoms with Gasteiger partial charge in [0.05, 0.1) is 19.5 Å². The van der Waals surface area contributed by atoms with Gasteiger partial charge >= 0.3 is 11.9 Å². The third kappa shape index (κ3) is 4.02. The van der Waals surface area contributed by atoms with Gasteiger partial charge in [0.15, 0.2) is 29.9 Å². The maximum Gasteiger partial charge on any atom is 0.337 e. The van der Waals surface area contributed by atoms with Gasteiger partial charge in [-0.3, -0.25) is 4.57 Å². The van der Waals surface area contributed by atoms with Gasteiger partial charge in [-0.2, -0.15) is 0 Å². The van der Waals surface area contributed by atoms with Crippen molar-refractivity contribution in [3.8, 4) is 0 Å². The van der Waals surface area contributed by atoms with Crippen LogP contribution in [-0.2, 0) is 38.0 Å². The zero-order chi connectivity index (χ0) is 27.4. The van der Waals surface area contributed by atoms with Crippen LogP contribution in [0.2, 0.25) is 0 Å². The van der Waals surface area contributed by atoms with Crippen LogP contribution < -0.4 is 5.73 Å². The molecule has 0 aliphatic carbocycles. The monoisotopic (exact) mass is 535 g/mol. The summed E-state index contributed by atoms with van der Waals surface area (Å²) in [6.45, 7) is 3.14. The van der Waals surface area contributed by atoms with Crippen molar-refractivity contribution in [1.82, 2.24) is 19.5 Å². The average Bonchev–Trinajstić information content (AvgIpc) is 3.49. The van der Waals surface area contributed by atoms with Crippen molar-refractivity contribution in [2.24, 2.45) is 0 Å². The molecule has 3 saturated heterocycles.